The molecule has 0 fully saturated rings. The molecule has 0 saturated carbocycles. The molecule has 72 valence electrons. The lowest BCUT2D eigenvalue weighted by Crippen LogP contribution is -2.03. The van der Waals surface area contributed by atoms with Crippen LogP contribution in [0.3, 0.4) is 0 Å². The van der Waals surface area contributed by atoms with Crippen LogP contribution in [0.1, 0.15) is 32.0 Å². The fraction of sp³-hybridized carbons (Fsp3) is 0.500. The Hall–Kier alpha value is -0.540. The number of aromatic nitrogens is 2. The maximum Gasteiger partial charge on any atom is 0.157 e. The van der Waals surface area contributed by atoms with Gasteiger partial charge in [0.1, 0.15) is 11.5 Å². The van der Waals surface area contributed by atoms with E-state index in [1.165, 1.54) is 0 Å². The molecule has 0 bridgehead atoms. The largest absolute Gasteiger partial charge is 0.394 e. The van der Waals surface area contributed by atoms with Crippen molar-refractivity contribution in [3.63, 3.8) is 0 Å². The van der Waals surface area contributed by atoms with Crippen LogP contribution in [0.25, 0.3) is 0 Å². The third-order valence-electron chi connectivity index (χ3n) is 1.92. The maximum atomic E-state index is 5.76. The van der Waals surface area contributed by atoms with Gasteiger partial charge in [0, 0.05) is 5.92 Å². The Balaban J connectivity index is 3.13. The lowest BCUT2D eigenvalue weighted by atomic mass is 10.1. The number of nitrogens with two attached hydrogens (primary N) is 1. The molecule has 1 atom stereocenters. The molecule has 1 aromatic rings. The maximum absolute atomic E-state index is 5.76. The van der Waals surface area contributed by atoms with Crippen molar-refractivity contribution >= 4 is 28.9 Å². The summed E-state index contributed by atoms with van der Waals surface area (Å²) in [6.45, 7) is 4.06. The zero-order chi connectivity index (χ0) is 10.0. The highest BCUT2D eigenvalue weighted by Gasteiger charge is 2.12. The number of nitrogens with zero attached hydrogens (tertiary/aromatic N) is 2. The first-order valence-electron chi connectivity index (χ1n) is 4.04. The van der Waals surface area contributed by atoms with Crippen molar-refractivity contribution in [2.45, 2.75) is 26.2 Å². The molecular formula is C8H11Cl2N3. The molecule has 13 heavy (non-hydrogen) atoms. The van der Waals surface area contributed by atoms with Crippen molar-refractivity contribution in [1.82, 2.24) is 9.97 Å². The second-order valence-corrected chi connectivity index (χ2v) is 3.60. The number of anilines is 1. The van der Waals surface area contributed by atoms with Crippen LogP contribution in [-0.4, -0.2) is 9.97 Å². The average molecular weight is 220 g/mol. The Morgan fingerprint density at radius 1 is 1.31 bits per heavy atom. The lowest BCUT2D eigenvalue weighted by Gasteiger charge is -2.08. The van der Waals surface area contributed by atoms with E-state index in [9.17, 15) is 0 Å². The van der Waals surface area contributed by atoms with E-state index in [4.69, 9.17) is 28.9 Å². The third-order valence-corrected chi connectivity index (χ3v) is 2.50. The SMILES string of the molecule is CCC(C)c1nc(Cl)c(N)c(Cl)n1. The van der Waals surface area contributed by atoms with Gasteiger partial charge in [-0.3, -0.25) is 0 Å². The minimum absolute atomic E-state index is 0.232. The van der Waals surface area contributed by atoms with E-state index < -0.39 is 0 Å². The van der Waals surface area contributed by atoms with E-state index in [1.54, 1.807) is 0 Å². The van der Waals surface area contributed by atoms with Gasteiger partial charge in [-0.15, -0.1) is 0 Å². The standard InChI is InChI=1S/C8H11Cl2N3/c1-3-4(2)8-12-6(9)5(11)7(10)13-8/h4H,3,11H2,1-2H3. The van der Waals surface area contributed by atoms with Crippen LogP contribution in [0.2, 0.25) is 10.3 Å². The van der Waals surface area contributed by atoms with E-state index >= 15 is 0 Å². The summed E-state index contributed by atoms with van der Waals surface area (Å²) in [6, 6.07) is 0. The highest BCUT2D eigenvalue weighted by Crippen LogP contribution is 2.26. The van der Waals surface area contributed by atoms with E-state index in [2.05, 4.69) is 9.97 Å². The summed E-state index contributed by atoms with van der Waals surface area (Å²) in [7, 11) is 0. The predicted octanol–water partition coefficient (Wildman–Crippen LogP) is 2.88. The molecule has 1 rings (SSSR count). The molecule has 3 nitrogen and oxygen atoms in total. The van der Waals surface area contributed by atoms with Crippen molar-refractivity contribution in [2.75, 3.05) is 5.73 Å². The Labute approximate surface area is 87.3 Å². The number of hydrogen-bond acceptors (Lipinski definition) is 3. The van der Waals surface area contributed by atoms with Gasteiger partial charge in [0.15, 0.2) is 10.3 Å². The van der Waals surface area contributed by atoms with Crippen molar-refractivity contribution in [2.24, 2.45) is 0 Å². The molecule has 5 heteroatoms. The van der Waals surface area contributed by atoms with Crippen LogP contribution in [0.15, 0.2) is 0 Å². The molecule has 0 aliphatic heterocycles. The van der Waals surface area contributed by atoms with Gasteiger partial charge in [0.25, 0.3) is 0 Å². The van der Waals surface area contributed by atoms with Crippen molar-refractivity contribution in [3.8, 4) is 0 Å². The number of rotatable bonds is 2. The van der Waals surface area contributed by atoms with E-state index in [0.29, 0.717) is 5.82 Å². The van der Waals surface area contributed by atoms with Gasteiger partial charge < -0.3 is 5.73 Å². The van der Waals surface area contributed by atoms with Crippen molar-refractivity contribution in [1.29, 1.82) is 0 Å². The summed E-state index contributed by atoms with van der Waals surface area (Å²) < 4.78 is 0. The van der Waals surface area contributed by atoms with Crippen molar-refractivity contribution < 1.29 is 0 Å². The topological polar surface area (TPSA) is 51.8 Å². The Bertz CT molecular complexity index is 291. The van der Waals surface area contributed by atoms with Crippen LogP contribution >= 0.6 is 23.2 Å². The van der Waals surface area contributed by atoms with Crippen LogP contribution in [0.5, 0.6) is 0 Å². The van der Waals surface area contributed by atoms with Gasteiger partial charge in [-0.25, -0.2) is 9.97 Å². The molecule has 1 unspecified atom stereocenters. The average Bonchev–Trinajstić information content (AvgIpc) is 2.12. The van der Waals surface area contributed by atoms with Crippen LogP contribution in [-0.2, 0) is 0 Å². The smallest absolute Gasteiger partial charge is 0.157 e. The minimum Gasteiger partial charge on any atom is -0.394 e. The summed E-state index contributed by atoms with van der Waals surface area (Å²) in [5.41, 5.74) is 5.75. The number of nitrogen functional groups attached to an aromatic ring is 1. The monoisotopic (exact) mass is 219 g/mol. The first-order chi connectivity index (χ1) is 6.06. The highest BCUT2D eigenvalue weighted by atomic mass is 35.5. The fourth-order valence-corrected chi connectivity index (χ4v) is 1.24. The van der Waals surface area contributed by atoms with Gasteiger partial charge >= 0.3 is 0 Å². The summed E-state index contributed by atoms with van der Waals surface area (Å²) in [5, 5.41) is 0.464. The minimum atomic E-state index is 0.232. The van der Waals surface area contributed by atoms with E-state index in [-0.39, 0.29) is 21.9 Å². The van der Waals surface area contributed by atoms with Crippen molar-refractivity contribution in [3.05, 3.63) is 16.1 Å². The van der Waals surface area contributed by atoms with E-state index in [1.807, 2.05) is 13.8 Å². The first kappa shape index (κ1) is 10.5. The Morgan fingerprint density at radius 2 is 1.77 bits per heavy atom. The predicted molar refractivity (Wildman–Crippen MR) is 55.2 cm³/mol. The molecule has 0 amide bonds. The summed E-state index contributed by atoms with van der Waals surface area (Å²) in [6.07, 6.45) is 0.941. The molecule has 0 aromatic carbocycles. The molecule has 0 radical (unpaired) electrons. The summed E-state index contributed by atoms with van der Waals surface area (Å²) in [4.78, 5) is 8.10. The van der Waals surface area contributed by atoms with Crippen LogP contribution in [0, 0.1) is 0 Å². The number of halogens is 2. The summed E-state index contributed by atoms with van der Waals surface area (Å²) in [5.74, 6) is 0.891. The highest BCUT2D eigenvalue weighted by molar-refractivity contribution is 6.37. The molecule has 2 N–H and O–H groups in total. The first-order valence-corrected chi connectivity index (χ1v) is 4.80. The third kappa shape index (κ3) is 2.23. The Kier molecular flexibility index (Phi) is 3.33. The van der Waals surface area contributed by atoms with Gasteiger partial charge in [0.2, 0.25) is 0 Å². The normalized spacial score (nSPS) is 12.9. The molecule has 0 saturated heterocycles. The van der Waals surface area contributed by atoms with E-state index in [0.717, 1.165) is 6.42 Å². The molecule has 0 aliphatic rings. The van der Waals surface area contributed by atoms with Crippen LogP contribution in [0.4, 0.5) is 5.69 Å². The van der Waals surface area contributed by atoms with Gasteiger partial charge in [-0.1, -0.05) is 37.0 Å². The second kappa shape index (κ2) is 4.11. The second-order valence-electron chi connectivity index (χ2n) is 2.89. The fourth-order valence-electron chi connectivity index (χ4n) is 0.835. The molecule has 0 spiro atoms. The lowest BCUT2D eigenvalue weighted by molar-refractivity contribution is 0.679. The van der Waals surface area contributed by atoms with Gasteiger partial charge in [-0.05, 0) is 6.42 Å². The quantitative estimate of drug-likeness (QED) is 0.779. The summed E-state index contributed by atoms with van der Waals surface area (Å²) >= 11 is 11.5. The molecule has 1 heterocycles. The zero-order valence-electron chi connectivity index (χ0n) is 7.51. The van der Waals surface area contributed by atoms with Crippen LogP contribution < -0.4 is 5.73 Å². The Morgan fingerprint density at radius 3 is 2.15 bits per heavy atom. The van der Waals surface area contributed by atoms with Gasteiger partial charge in [-0.2, -0.15) is 0 Å². The molecule has 0 aliphatic carbocycles. The molecular weight excluding hydrogens is 209 g/mol. The van der Waals surface area contributed by atoms with Gasteiger partial charge in [0.05, 0.1) is 0 Å². The zero-order valence-corrected chi connectivity index (χ0v) is 9.02. The molecule has 1 aromatic heterocycles. The number of hydrogen-bond donors (Lipinski definition) is 1.